The summed E-state index contributed by atoms with van der Waals surface area (Å²) in [6, 6.07) is 24.9. The normalized spacial score (nSPS) is 21.6. The molecule has 4 aromatic carbocycles. The van der Waals surface area contributed by atoms with E-state index in [2.05, 4.69) is 0 Å². The lowest BCUT2D eigenvalue weighted by molar-refractivity contribution is -0.182. The number of carboxylic acid groups (broad SMARTS) is 2. The van der Waals surface area contributed by atoms with E-state index < -0.39 is 116 Å². The van der Waals surface area contributed by atoms with Gasteiger partial charge >= 0.3 is 11.9 Å². The van der Waals surface area contributed by atoms with Crippen LogP contribution in [0.4, 0.5) is 0 Å². The number of halogens is 4. The minimum atomic E-state index is -3.56. The van der Waals surface area contributed by atoms with E-state index in [4.69, 9.17) is 55.9 Å². The fourth-order valence-corrected chi connectivity index (χ4v) is 15.1. The molecular weight excluding hydrogens is 1070 g/mol. The molecule has 0 spiro atoms. The number of nitrogens with zero attached hydrogens (tertiary/aromatic N) is 2. The molecular formula is C54H66Cl4N2O12S2. The smallest absolute Gasteiger partial charge is 0.306 e. The van der Waals surface area contributed by atoms with Gasteiger partial charge in [0.05, 0.1) is 47.9 Å². The number of ether oxygens (including phenoxy) is 2. The lowest BCUT2D eigenvalue weighted by Crippen LogP contribution is -2.56. The fraction of sp³-hybridized carbons (Fsp3) is 0.481. The zero-order valence-corrected chi connectivity index (χ0v) is 47.4. The minimum Gasteiger partial charge on any atom is -0.481 e. The Bertz CT molecular complexity index is 2650. The number of aliphatic carboxylic acids is 2. The summed E-state index contributed by atoms with van der Waals surface area (Å²) in [5, 5.41) is 20.9. The van der Waals surface area contributed by atoms with Gasteiger partial charge in [-0.3, -0.25) is 19.2 Å². The fourth-order valence-electron chi connectivity index (χ4n) is 9.61. The molecule has 0 saturated carbocycles. The lowest BCUT2D eigenvalue weighted by atomic mass is 9.89. The van der Waals surface area contributed by atoms with Gasteiger partial charge in [0.2, 0.25) is 0 Å². The quantitative estimate of drug-likeness (QED) is 0.0956. The van der Waals surface area contributed by atoms with Crippen LogP contribution in [-0.2, 0) is 48.3 Å². The molecule has 6 rings (SSSR count). The van der Waals surface area contributed by atoms with Crippen molar-refractivity contribution in [2.45, 2.75) is 130 Å². The summed E-state index contributed by atoms with van der Waals surface area (Å²) in [6.07, 6.45) is -4.56. The van der Waals surface area contributed by atoms with Gasteiger partial charge < -0.3 is 29.5 Å². The second kappa shape index (κ2) is 25.3. The van der Waals surface area contributed by atoms with Crippen molar-refractivity contribution < 1.29 is 55.7 Å². The van der Waals surface area contributed by atoms with Crippen LogP contribution < -0.4 is 0 Å². The Morgan fingerprint density at radius 2 is 0.865 bits per heavy atom. The lowest BCUT2D eigenvalue weighted by Gasteiger charge is -2.48. The molecule has 2 N–H and O–H groups in total. The van der Waals surface area contributed by atoms with Crippen LogP contribution >= 0.6 is 46.4 Å². The number of benzene rings is 4. The highest BCUT2D eigenvalue weighted by Gasteiger charge is 2.50. The van der Waals surface area contributed by atoms with Crippen LogP contribution in [0.25, 0.3) is 0 Å². The molecule has 2 saturated heterocycles. The maximum Gasteiger partial charge on any atom is 0.306 e. The number of rotatable bonds is 18. The predicted octanol–water partition coefficient (Wildman–Crippen LogP) is 11.4. The number of carbonyl (C=O) groups excluding carboxylic acids is 2. The standard InChI is InChI=1S/2C27H33Cl2NO6S/c2*1-5-21(15-37(34,35)16-27(2,3)4)30-24(17-9-11-19(28)12-10-17)25(18-7-6-8-20(29)13-18)36-22(26(30)33)14-23(31)32/h2*6-13,21-22,24-25H,5,14-16H2,1-4H3,(H,31,32)/t21-,22+,24+,25+;21-,22-,24+,25+/m00/s1. The van der Waals surface area contributed by atoms with Gasteiger partial charge in [-0.25, -0.2) is 16.8 Å². The molecule has 74 heavy (non-hydrogen) atoms. The summed E-state index contributed by atoms with van der Waals surface area (Å²) in [5.41, 5.74) is 1.74. The minimum absolute atomic E-state index is 0.0447. The summed E-state index contributed by atoms with van der Waals surface area (Å²) in [5.74, 6) is -4.09. The number of carbonyl (C=O) groups is 4. The number of amides is 2. The van der Waals surface area contributed by atoms with Crippen LogP contribution in [0.3, 0.4) is 0 Å². The summed E-state index contributed by atoms with van der Waals surface area (Å²) in [6.45, 7) is 14.7. The second-order valence-corrected chi connectivity index (χ2v) is 27.2. The van der Waals surface area contributed by atoms with Crippen molar-refractivity contribution in [3.63, 3.8) is 0 Å². The van der Waals surface area contributed by atoms with Crippen molar-refractivity contribution in [1.82, 2.24) is 9.80 Å². The average molecular weight is 1140 g/mol. The molecule has 2 heterocycles. The molecule has 0 unspecified atom stereocenters. The second-order valence-electron chi connectivity index (χ2n) is 21.2. The van der Waals surface area contributed by atoms with Crippen LogP contribution in [0, 0.1) is 10.8 Å². The first-order chi connectivity index (χ1) is 34.4. The summed E-state index contributed by atoms with van der Waals surface area (Å²) >= 11 is 24.8. The molecule has 0 aliphatic carbocycles. The van der Waals surface area contributed by atoms with E-state index in [1.165, 1.54) is 9.80 Å². The van der Waals surface area contributed by atoms with Crippen molar-refractivity contribution in [3.05, 3.63) is 139 Å². The van der Waals surface area contributed by atoms with Crippen LogP contribution in [0.5, 0.6) is 0 Å². The molecule has 0 radical (unpaired) electrons. The first-order valence-corrected chi connectivity index (χ1v) is 29.4. The van der Waals surface area contributed by atoms with E-state index >= 15 is 0 Å². The van der Waals surface area contributed by atoms with Crippen molar-refractivity contribution in [2.75, 3.05) is 23.0 Å². The Balaban J connectivity index is 0.000000274. The number of sulfone groups is 2. The van der Waals surface area contributed by atoms with Gasteiger partial charge in [0, 0.05) is 32.2 Å². The highest BCUT2D eigenvalue weighted by Crippen LogP contribution is 2.47. The van der Waals surface area contributed by atoms with E-state index in [1.807, 2.05) is 55.4 Å². The van der Waals surface area contributed by atoms with E-state index in [9.17, 15) is 46.2 Å². The van der Waals surface area contributed by atoms with Gasteiger partial charge in [-0.05, 0) is 94.5 Å². The van der Waals surface area contributed by atoms with Gasteiger partial charge in [0.25, 0.3) is 11.8 Å². The Kier molecular flexibility index (Phi) is 20.7. The Labute approximate surface area is 455 Å². The zero-order chi connectivity index (χ0) is 55.1. The zero-order valence-electron chi connectivity index (χ0n) is 42.7. The molecule has 2 aliphatic heterocycles. The number of carboxylic acids is 2. The van der Waals surface area contributed by atoms with Gasteiger partial charge in [-0.1, -0.05) is 150 Å². The van der Waals surface area contributed by atoms with Crippen LogP contribution in [0.15, 0.2) is 97.1 Å². The van der Waals surface area contributed by atoms with Crippen molar-refractivity contribution >= 4 is 89.8 Å². The number of hydrogen-bond donors (Lipinski definition) is 2. The van der Waals surface area contributed by atoms with E-state index in [-0.39, 0.29) is 23.0 Å². The number of hydrogen-bond acceptors (Lipinski definition) is 10. The molecule has 2 amide bonds. The summed E-state index contributed by atoms with van der Waals surface area (Å²) < 4.78 is 65.2. The maximum atomic E-state index is 13.8. The van der Waals surface area contributed by atoms with E-state index in [1.54, 1.807) is 97.1 Å². The monoisotopic (exact) mass is 1140 g/mol. The van der Waals surface area contributed by atoms with Crippen molar-refractivity contribution in [3.8, 4) is 0 Å². The first kappa shape index (κ1) is 60.6. The number of morpholine rings is 2. The Hall–Kier alpha value is -4.26. The molecule has 404 valence electrons. The molecule has 8 atom stereocenters. The third-order valence-electron chi connectivity index (χ3n) is 12.3. The molecule has 4 aromatic rings. The molecule has 14 nitrogen and oxygen atoms in total. The average Bonchev–Trinajstić information content (AvgIpc) is 3.27. The molecule has 0 bridgehead atoms. The van der Waals surface area contributed by atoms with Gasteiger partial charge in [-0.2, -0.15) is 0 Å². The molecule has 2 fully saturated rings. The largest absolute Gasteiger partial charge is 0.481 e. The molecule has 20 heteroatoms. The third kappa shape index (κ3) is 16.9. The van der Waals surface area contributed by atoms with Gasteiger partial charge in [-0.15, -0.1) is 0 Å². The Morgan fingerprint density at radius 3 is 1.14 bits per heavy atom. The van der Waals surface area contributed by atoms with Crippen LogP contribution in [-0.4, -0.2) is 108 Å². The SMILES string of the molecule is CC[C@@H](CS(=O)(=O)CC(C)(C)C)N1C(=O)[C@@H](CC(=O)O)O[C@H](c2cccc(Cl)c2)[C@H]1c1ccc(Cl)cc1.CC[C@@H](CS(=O)(=O)CC(C)(C)C)N1C(=O)[C@H](CC(=O)O)O[C@H](c2cccc(Cl)c2)[C@H]1c1ccc(Cl)cc1. The molecule has 0 aromatic heterocycles. The first-order valence-electron chi connectivity index (χ1n) is 24.2. The predicted molar refractivity (Wildman–Crippen MR) is 289 cm³/mol. The Morgan fingerprint density at radius 1 is 0.541 bits per heavy atom. The third-order valence-corrected chi connectivity index (χ3v) is 17.7. The van der Waals surface area contributed by atoms with Crippen molar-refractivity contribution in [1.29, 1.82) is 0 Å². The summed E-state index contributed by atoms with van der Waals surface area (Å²) in [7, 11) is -7.12. The van der Waals surface area contributed by atoms with Gasteiger partial charge in [0.1, 0.15) is 24.4 Å². The van der Waals surface area contributed by atoms with Crippen LogP contribution in [0.1, 0.15) is 128 Å². The van der Waals surface area contributed by atoms with E-state index in [0.29, 0.717) is 55.2 Å². The summed E-state index contributed by atoms with van der Waals surface area (Å²) in [4.78, 5) is 54.0. The van der Waals surface area contributed by atoms with E-state index in [0.717, 1.165) is 0 Å². The highest BCUT2D eigenvalue weighted by molar-refractivity contribution is 7.91. The molecule has 2 aliphatic rings. The highest BCUT2D eigenvalue weighted by atomic mass is 35.5. The van der Waals surface area contributed by atoms with Crippen LogP contribution in [0.2, 0.25) is 20.1 Å². The topological polar surface area (TPSA) is 202 Å². The maximum absolute atomic E-state index is 13.8. The van der Waals surface area contributed by atoms with Crippen molar-refractivity contribution in [2.24, 2.45) is 10.8 Å². The van der Waals surface area contributed by atoms with Gasteiger partial charge in [0.15, 0.2) is 19.7 Å².